The first-order valence-electron chi connectivity index (χ1n) is 7.65. The molecule has 7 heteroatoms. The largest absolute Gasteiger partial charge is 0.355 e. The van der Waals surface area contributed by atoms with E-state index in [4.69, 9.17) is 34.8 Å². The Bertz CT molecular complexity index is 695. The number of carbonyl (C=O) groups is 1. The Hall–Kier alpha value is -0.520. The van der Waals surface area contributed by atoms with E-state index in [1.165, 1.54) is 5.56 Å². The predicted octanol–water partition coefficient (Wildman–Crippen LogP) is 5.93. The van der Waals surface area contributed by atoms with E-state index < -0.39 is 0 Å². The third-order valence-electron chi connectivity index (χ3n) is 3.24. The molecule has 0 aliphatic heterocycles. The van der Waals surface area contributed by atoms with Crippen molar-refractivity contribution >= 4 is 64.2 Å². The second-order valence-corrected chi connectivity index (χ2v) is 8.61. The van der Waals surface area contributed by atoms with Gasteiger partial charge in [-0.05, 0) is 35.4 Å². The molecule has 0 radical (unpaired) electrons. The molecule has 0 saturated heterocycles. The quantitative estimate of drug-likeness (QED) is 0.496. The first kappa shape index (κ1) is 20.8. The van der Waals surface area contributed by atoms with Gasteiger partial charge in [0.1, 0.15) is 0 Å². The topological polar surface area (TPSA) is 29.1 Å². The molecule has 0 unspecified atom stereocenters. The molecule has 0 atom stereocenters. The Morgan fingerprint density at radius 2 is 1.56 bits per heavy atom. The summed E-state index contributed by atoms with van der Waals surface area (Å²) in [5, 5.41) is 4.81. The van der Waals surface area contributed by atoms with Crippen LogP contribution < -0.4 is 5.32 Å². The van der Waals surface area contributed by atoms with Gasteiger partial charge in [-0.25, -0.2) is 0 Å². The molecule has 1 amide bonds. The Morgan fingerprint density at radius 1 is 0.880 bits per heavy atom. The molecule has 0 fully saturated rings. The molecule has 0 heterocycles. The van der Waals surface area contributed by atoms with Gasteiger partial charge in [-0.2, -0.15) is 11.8 Å². The van der Waals surface area contributed by atoms with E-state index in [9.17, 15) is 4.79 Å². The molecule has 0 aliphatic carbocycles. The maximum Gasteiger partial charge on any atom is 0.230 e. The van der Waals surface area contributed by atoms with Crippen molar-refractivity contribution in [3.05, 3.63) is 68.7 Å². The number of benzene rings is 2. The lowest BCUT2D eigenvalue weighted by Gasteiger charge is -2.06. The molecule has 0 aromatic heterocycles. The number of amides is 1. The lowest BCUT2D eigenvalue weighted by molar-refractivity contribution is -0.118. The minimum Gasteiger partial charge on any atom is -0.355 e. The zero-order valence-corrected chi connectivity index (χ0v) is 17.3. The van der Waals surface area contributed by atoms with Crippen LogP contribution in [0.25, 0.3) is 0 Å². The average molecular weight is 435 g/mol. The molecule has 2 rings (SSSR count). The number of nitrogens with one attached hydrogen (secondary N) is 1. The zero-order valence-electron chi connectivity index (χ0n) is 13.4. The summed E-state index contributed by atoms with van der Waals surface area (Å²) in [7, 11) is 0. The van der Waals surface area contributed by atoms with Crippen molar-refractivity contribution in [2.45, 2.75) is 11.5 Å². The van der Waals surface area contributed by atoms with Gasteiger partial charge in [0.2, 0.25) is 5.91 Å². The second-order valence-electron chi connectivity index (χ2n) is 5.27. The molecule has 0 aliphatic rings. The monoisotopic (exact) mass is 433 g/mol. The minimum absolute atomic E-state index is 0.0640. The van der Waals surface area contributed by atoms with Crippen LogP contribution in [0.2, 0.25) is 15.1 Å². The molecule has 25 heavy (non-hydrogen) atoms. The van der Waals surface area contributed by atoms with Crippen molar-refractivity contribution in [3.63, 3.8) is 0 Å². The summed E-state index contributed by atoms with van der Waals surface area (Å²) < 4.78 is 0. The number of rotatable bonds is 9. The first-order chi connectivity index (χ1) is 12.0. The number of carbonyl (C=O) groups excluding carboxylic acids is 1. The SMILES string of the molecule is O=C(CSCc1ccc(Cl)cc1)NCCSCc1ccc(Cl)c(Cl)c1. The molecular formula is C18H18Cl3NOS2. The highest BCUT2D eigenvalue weighted by Crippen LogP contribution is 2.24. The smallest absolute Gasteiger partial charge is 0.230 e. The first-order valence-corrected chi connectivity index (χ1v) is 11.1. The van der Waals surface area contributed by atoms with E-state index in [2.05, 4.69) is 5.32 Å². The molecule has 134 valence electrons. The van der Waals surface area contributed by atoms with Crippen molar-refractivity contribution in [2.24, 2.45) is 0 Å². The van der Waals surface area contributed by atoms with Crippen molar-refractivity contribution in [2.75, 3.05) is 18.1 Å². The fraction of sp³-hybridized carbons (Fsp3) is 0.278. The van der Waals surface area contributed by atoms with Crippen LogP contribution in [-0.4, -0.2) is 24.0 Å². The Morgan fingerprint density at radius 3 is 2.28 bits per heavy atom. The molecular weight excluding hydrogens is 417 g/mol. The van der Waals surface area contributed by atoms with Crippen LogP contribution in [0.3, 0.4) is 0 Å². The maximum atomic E-state index is 11.8. The average Bonchev–Trinajstić information content (AvgIpc) is 2.59. The van der Waals surface area contributed by atoms with Gasteiger partial charge in [0.15, 0.2) is 0 Å². The number of halogens is 3. The van der Waals surface area contributed by atoms with Gasteiger partial charge in [0.25, 0.3) is 0 Å². The molecule has 0 bridgehead atoms. The van der Waals surface area contributed by atoms with Crippen LogP contribution in [0.4, 0.5) is 0 Å². The van der Waals surface area contributed by atoms with E-state index in [0.717, 1.165) is 27.8 Å². The van der Waals surface area contributed by atoms with Crippen LogP contribution in [0.15, 0.2) is 42.5 Å². The summed E-state index contributed by atoms with van der Waals surface area (Å²) in [6, 6.07) is 13.3. The van der Waals surface area contributed by atoms with E-state index in [0.29, 0.717) is 22.3 Å². The Balaban J connectivity index is 1.54. The number of hydrogen-bond acceptors (Lipinski definition) is 3. The third-order valence-corrected chi connectivity index (χ3v) is 6.26. The lowest BCUT2D eigenvalue weighted by atomic mass is 10.2. The van der Waals surface area contributed by atoms with Gasteiger partial charge in [-0.15, -0.1) is 11.8 Å². The summed E-state index contributed by atoms with van der Waals surface area (Å²) in [4.78, 5) is 11.8. The Kier molecular flexibility index (Phi) is 9.35. The van der Waals surface area contributed by atoms with Gasteiger partial charge in [-0.1, -0.05) is 53.0 Å². The van der Waals surface area contributed by atoms with Crippen LogP contribution in [0.1, 0.15) is 11.1 Å². The Labute approximate surface area is 172 Å². The van der Waals surface area contributed by atoms with E-state index >= 15 is 0 Å². The highest BCUT2D eigenvalue weighted by atomic mass is 35.5. The van der Waals surface area contributed by atoms with Gasteiger partial charge in [0, 0.05) is 28.8 Å². The van der Waals surface area contributed by atoms with Crippen LogP contribution in [0.5, 0.6) is 0 Å². The standard InChI is InChI=1S/C18H18Cl3NOS2/c19-15-4-1-13(2-5-15)10-25-12-18(23)22-7-8-24-11-14-3-6-16(20)17(21)9-14/h1-6,9H,7-8,10-12H2,(H,22,23). The van der Waals surface area contributed by atoms with Gasteiger partial charge in [0.05, 0.1) is 15.8 Å². The van der Waals surface area contributed by atoms with Crippen LogP contribution >= 0.6 is 58.3 Å². The van der Waals surface area contributed by atoms with Crippen LogP contribution in [0, 0.1) is 0 Å². The summed E-state index contributed by atoms with van der Waals surface area (Å²) in [6.45, 7) is 0.659. The highest BCUT2D eigenvalue weighted by molar-refractivity contribution is 7.99. The van der Waals surface area contributed by atoms with Crippen molar-refractivity contribution in [1.82, 2.24) is 5.32 Å². The third kappa shape index (κ3) is 8.14. The van der Waals surface area contributed by atoms with Gasteiger partial charge >= 0.3 is 0 Å². The van der Waals surface area contributed by atoms with Crippen LogP contribution in [-0.2, 0) is 16.3 Å². The van der Waals surface area contributed by atoms with Gasteiger partial charge < -0.3 is 5.32 Å². The predicted molar refractivity (Wildman–Crippen MR) is 113 cm³/mol. The molecule has 2 aromatic rings. The summed E-state index contributed by atoms with van der Waals surface area (Å²) in [6.07, 6.45) is 0. The highest BCUT2D eigenvalue weighted by Gasteiger charge is 2.03. The van der Waals surface area contributed by atoms with Crippen molar-refractivity contribution < 1.29 is 4.79 Å². The number of thioether (sulfide) groups is 2. The summed E-state index contributed by atoms with van der Waals surface area (Å²) in [5.74, 6) is 3.02. The minimum atomic E-state index is 0.0640. The fourth-order valence-corrected chi connectivity index (χ4v) is 4.05. The summed E-state index contributed by atoms with van der Waals surface area (Å²) in [5.41, 5.74) is 2.30. The molecule has 2 nitrogen and oxygen atoms in total. The molecule has 2 aromatic carbocycles. The molecule has 0 saturated carbocycles. The van der Waals surface area contributed by atoms with E-state index in [1.807, 2.05) is 36.4 Å². The molecule has 1 N–H and O–H groups in total. The van der Waals surface area contributed by atoms with E-state index in [1.54, 1.807) is 29.6 Å². The second kappa shape index (κ2) is 11.2. The zero-order chi connectivity index (χ0) is 18.1. The fourth-order valence-electron chi connectivity index (χ4n) is 1.98. The van der Waals surface area contributed by atoms with Gasteiger partial charge in [-0.3, -0.25) is 4.79 Å². The molecule has 0 spiro atoms. The summed E-state index contributed by atoms with van der Waals surface area (Å²) >= 11 is 21.1. The van der Waals surface area contributed by atoms with Crippen molar-refractivity contribution in [3.8, 4) is 0 Å². The lowest BCUT2D eigenvalue weighted by Crippen LogP contribution is -2.27. The normalized spacial score (nSPS) is 10.7. The van der Waals surface area contributed by atoms with E-state index in [-0.39, 0.29) is 5.91 Å². The number of hydrogen-bond donors (Lipinski definition) is 1. The van der Waals surface area contributed by atoms with Crippen molar-refractivity contribution in [1.29, 1.82) is 0 Å². The maximum absolute atomic E-state index is 11.8.